The van der Waals surface area contributed by atoms with Crippen molar-refractivity contribution in [1.82, 2.24) is 15.5 Å². The lowest BCUT2D eigenvalue weighted by molar-refractivity contribution is -0.217. The van der Waals surface area contributed by atoms with Crippen molar-refractivity contribution in [3.8, 4) is 51.4 Å². The standard InChI is InChI=1S/C39H61N3.C3H6.4C2H2/c1-28-9-11-29(12-10-28)30-15-18-36(4)33(35(30,2)3)16-19-38(6)34(36)14-13-31-32-8-7-17-39(32,21-20-37(31,38)5)41-24-27-42-25-22-40-23-26-42;1-3-2;4*1-2/h9-12,15,31-34,40-41H,7-8,13-14,16-27H2,1-6H3;3H,1H2,2H3;4*1-2H/t31-,32?,33?,34?,36+,37-,38-,39+;;;;;/m1...../s1. The number of nitrogens with zero attached hydrogens (tertiary/aromatic N) is 1. The van der Waals surface area contributed by atoms with Crippen LogP contribution in [-0.4, -0.2) is 49.7 Å². The first-order valence-electron chi connectivity index (χ1n) is 20.3. The Labute approximate surface area is 328 Å². The van der Waals surface area contributed by atoms with Gasteiger partial charge in [0.1, 0.15) is 0 Å². The zero-order chi connectivity index (χ0) is 40.1. The molecule has 6 aliphatic rings. The van der Waals surface area contributed by atoms with Crippen molar-refractivity contribution in [3.05, 3.63) is 54.1 Å². The first-order chi connectivity index (χ1) is 25.4. The molecule has 3 nitrogen and oxygen atoms in total. The second kappa shape index (κ2) is 19.9. The number of hydrogen-bond donors (Lipinski definition) is 2. The van der Waals surface area contributed by atoms with Gasteiger partial charge in [0.15, 0.2) is 0 Å². The topological polar surface area (TPSA) is 27.3 Å². The van der Waals surface area contributed by atoms with E-state index >= 15 is 0 Å². The summed E-state index contributed by atoms with van der Waals surface area (Å²) in [5.74, 6) is 3.40. The number of benzene rings is 1. The third-order valence-corrected chi connectivity index (χ3v) is 15.4. The van der Waals surface area contributed by atoms with E-state index in [4.69, 9.17) is 0 Å². The highest BCUT2D eigenvalue weighted by Crippen LogP contribution is 2.76. The molecule has 1 heterocycles. The molecule has 8 atom stereocenters. The van der Waals surface area contributed by atoms with Crippen LogP contribution in [-0.2, 0) is 0 Å². The second-order valence-electron chi connectivity index (χ2n) is 17.7. The molecule has 0 spiro atoms. The summed E-state index contributed by atoms with van der Waals surface area (Å²) in [6.45, 7) is 28.2. The molecule has 3 heteroatoms. The molecule has 290 valence electrons. The Hall–Kier alpha value is -3.18. The Bertz CT molecular complexity index is 1380. The van der Waals surface area contributed by atoms with Gasteiger partial charge in [-0.15, -0.1) is 58.0 Å². The highest BCUT2D eigenvalue weighted by atomic mass is 15.2. The van der Waals surface area contributed by atoms with Gasteiger partial charge in [-0.25, -0.2) is 0 Å². The number of allylic oxidation sites excluding steroid dienone is 3. The summed E-state index contributed by atoms with van der Waals surface area (Å²) in [7, 11) is 0. The minimum absolute atomic E-state index is 0.225. The maximum atomic E-state index is 4.30. The third-order valence-electron chi connectivity index (χ3n) is 15.4. The normalized spacial score (nSPS) is 35.9. The Morgan fingerprint density at radius 3 is 1.98 bits per heavy atom. The number of rotatable bonds is 5. The van der Waals surface area contributed by atoms with E-state index in [1.807, 2.05) is 6.92 Å². The van der Waals surface area contributed by atoms with Crippen LogP contribution in [0.1, 0.15) is 117 Å². The molecule has 1 aromatic carbocycles. The molecule has 0 bridgehead atoms. The number of piperazine rings is 1. The summed E-state index contributed by atoms with van der Waals surface area (Å²) >= 11 is 0. The van der Waals surface area contributed by atoms with Crippen LogP contribution >= 0.6 is 0 Å². The number of hydrogen-bond acceptors (Lipinski definition) is 3. The van der Waals surface area contributed by atoms with E-state index in [0.29, 0.717) is 21.8 Å². The average molecular weight is 718 g/mol. The molecule has 5 fully saturated rings. The zero-order valence-electron chi connectivity index (χ0n) is 34.9. The Kier molecular flexibility index (Phi) is 17.3. The Balaban J connectivity index is 0.000000807. The highest BCUT2D eigenvalue weighted by molar-refractivity contribution is 5.71. The molecule has 5 aliphatic carbocycles. The van der Waals surface area contributed by atoms with E-state index in [2.05, 4.69) is 145 Å². The van der Waals surface area contributed by atoms with E-state index in [1.54, 1.807) is 11.6 Å². The number of aryl methyl sites for hydroxylation is 1. The summed E-state index contributed by atoms with van der Waals surface area (Å²) < 4.78 is 0. The number of fused-ring (bicyclic) bond motifs is 7. The predicted molar refractivity (Wildman–Crippen MR) is 233 cm³/mol. The largest absolute Gasteiger partial charge is 0.314 e. The summed E-state index contributed by atoms with van der Waals surface area (Å²) in [6.07, 6.45) is 50.7. The van der Waals surface area contributed by atoms with E-state index in [-0.39, 0.29) is 5.41 Å². The zero-order valence-corrected chi connectivity index (χ0v) is 34.9. The van der Waals surface area contributed by atoms with Crippen molar-refractivity contribution in [2.75, 3.05) is 39.3 Å². The molecule has 0 radical (unpaired) electrons. The maximum absolute atomic E-state index is 4.30. The molecule has 1 aliphatic heterocycles. The molecule has 7 rings (SSSR count). The van der Waals surface area contributed by atoms with Crippen LogP contribution in [0.15, 0.2) is 43.0 Å². The van der Waals surface area contributed by atoms with E-state index in [9.17, 15) is 0 Å². The molecular formula is C50H75N3. The molecular weight excluding hydrogens is 643 g/mol. The van der Waals surface area contributed by atoms with Crippen molar-refractivity contribution >= 4 is 5.57 Å². The van der Waals surface area contributed by atoms with Gasteiger partial charge in [-0.1, -0.05) is 83.0 Å². The lowest BCUT2D eigenvalue weighted by Gasteiger charge is -2.72. The minimum atomic E-state index is 0.225. The Morgan fingerprint density at radius 1 is 0.774 bits per heavy atom. The smallest absolute Gasteiger partial charge is 0.0213 e. The molecule has 2 N–H and O–H groups in total. The van der Waals surface area contributed by atoms with Crippen LogP contribution in [0, 0.1) is 104 Å². The van der Waals surface area contributed by atoms with Gasteiger partial charge in [-0.3, -0.25) is 4.90 Å². The van der Waals surface area contributed by atoms with Crippen LogP contribution < -0.4 is 10.6 Å². The summed E-state index contributed by atoms with van der Waals surface area (Å²) in [5.41, 5.74) is 6.44. The van der Waals surface area contributed by atoms with Gasteiger partial charge in [0.05, 0.1) is 0 Å². The molecule has 4 saturated carbocycles. The fourth-order valence-corrected chi connectivity index (χ4v) is 13.1. The fraction of sp³-hybridized carbons (Fsp3) is 0.640. The third kappa shape index (κ3) is 8.56. The van der Waals surface area contributed by atoms with Gasteiger partial charge in [0, 0.05) is 44.8 Å². The molecule has 53 heavy (non-hydrogen) atoms. The van der Waals surface area contributed by atoms with Crippen LogP contribution in [0.5, 0.6) is 0 Å². The van der Waals surface area contributed by atoms with Gasteiger partial charge < -0.3 is 10.6 Å². The molecule has 0 amide bonds. The van der Waals surface area contributed by atoms with Crippen LogP contribution in [0.4, 0.5) is 0 Å². The lowest BCUT2D eigenvalue weighted by Crippen LogP contribution is -2.67. The van der Waals surface area contributed by atoms with Crippen LogP contribution in [0.3, 0.4) is 0 Å². The number of terminal acetylenes is 4. The van der Waals surface area contributed by atoms with E-state index < -0.39 is 0 Å². The first kappa shape index (κ1) is 46.0. The van der Waals surface area contributed by atoms with Crippen molar-refractivity contribution in [1.29, 1.82) is 0 Å². The summed E-state index contributed by atoms with van der Waals surface area (Å²) in [5, 5.41) is 7.82. The van der Waals surface area contributed by atoms with Crippen molar-refractivity contribution in [3.63, 3.8) is 0 Å². The fourth-order valence-electron chi connectivity index (χ4n) is 13.1. The molecule has 1 aromatic rings. The Morgan fingerprint density at radius 2 is 1.38 bits per heavy atom. The SMILES string of the molecule is C#C.C#C.C#C.C#C.C=CC.Cc1ccc(C2=CC[C@@]3(C)C(CC[C@]4(C)C3CC[C@@H]3C5CCC[C@]5(NCCN5CCNCC5)CC[C@]34C)C2(C)C)cc1. The van der Waals surface area contributed by atoms with Crippen molar-refractivity contribution in [2.45, 2.75) is 118 Å². The van der Waals surface area contributed by atoms with Crippen LogP contribution in [0.2, 0.25) is 0 Å². The monoisotopic (exact) mass is 718 g/mol. The van der Waals surface area contributed by atoms with E-state index in [1.165, 1.54) is 102 Å². The van der Waals surface area contributed by atoms with Gasteiger partial charge >= 0.3 is 0 Å². The lowest BCUT2D eigenvalue weighted by atomic mass is 9.33. The van der Waals surface area contributed by atoms with Gasteiger partial charge in [0.25, 0.3) is 0 Å². The van der Waals surface area contributed by atoms with E-state index in [0.717, 1.165) is 36.8 Å². The first-order valence-corrected chi connectivity index (χ1v) is 20.3. The number of nitrogens with one attached hydrogen (secondary N) is 2. The molecule has 0 aromatic heterocycles. The van der Waals surface area contributed by atoms with Gasteiger partial charge in [-0.05, 0) is 128 Å². The highest BCUT2D eigenvalue weighted by Gasteiger charge is 2.69. The predicted octanol–water partition coefficient (Wildman–Crippen LogP) is 10.3. The average Bonchev–Trinajstić information content (AvgIpc) is 3.60. The summed E-state index contributed by atoms with van der Waals surface area (Å²) in [6, 6.07) is 9.40. The van der Waals surface area contributed by atoms with Crippen molar-refractivity contribution < 1.29 is 0 Å². The van der Waals surface area contributed by atoms with Crippen LogP contribution in [0.25, 0.3) is 5.57 Å². The second-order valence-corrected chi connectivity index (χ2v) is 17.7. The minimum Gasteiger partial charge on any atom is -0.314 e. The maximum Gasteiger partial charge on any atom is 0.0213 e. The summed E-state index contributed by atoms with van der Waals surface area (Å²) in [4.78, 5) is 2.67. The van der Waals surface area contributed by atoms with Gasteiger partial charge in [-0.2, -0.15) is 0 Å². The van der Waals surface area contributed by atoms with Gasteiger partial charge in [0.2, 0.25) is 0 Å². The van der Waals surface area contributed by atoms with Crippen molar-refractivity contribution in [2.24, 2.45) is 45.3 Å². The molecule has 1 saturated heterocycles. The quantitative estimate of drug-likeness (QED) is 0.235. The molecule has 3 unspecified atom stereocenters.